The van der Waals surface area contributed by atoms with Crippen LogP contribution in [0.1, 0.15) is 24.2 Å². The number of nitrogens with zero attached hydrogens (tertiary/aromatic N) is 2. The minimum absolute atomic E-state index is 0.114. The molecular formula is C17H21N3O2. The molecule has 0 atom stereocenters. The number of pyridine rings is 1. The van der Waals surface area contributed by atoms with Gasteiger partial charge in [-0.05, 0) is 55.8 Å². The van der Waals surface area contributed by atoms with Crippen molar-refractivity contribution in [3.05, 3.63) is 54.2 Å². The van der Waals surface area contributed by atoms with Gasteiger partial charge in [-0.3, -0.25) is 14.7 Å². The zero-order valence-corrected chi connectivity index (χ0v) is 12.6. The summed E-state index contributed by atoms with van der Waals surface area (Å²) in [6.07, 6.45) is 7.09. The maximum atomic E-state index is 12.2. The first-order valence-corrected chi connectivity index (χ1v) is 7.72. The minimum atomic E-state index is 0.114. The van der Waals surface area contributed by atoms with Gasteiger partial charge in [-0.1, -0.05) is 0 Å². The SMILES string of the molecule is O=C(NCc1ccco1)C1CCN(Cc2ccncc2)CC1. The number of likely N-dealkylation sites (tertiary alicyclic amines) is 1. The van der Waals surface area contributed by atoms with Crippen molar-refractivity contribution in [2.75, 3.05) is 13.1 Å². The van der Waals surface area contributed by atoms with Crippen LogP contribution in [0.4, 0.5) is 0 Å². The molecule has 0 aromatic carbocycles. The summed E-state index contributed by atoms with van der Waals surface area (Å²) in [6, 6.07) is 7.79. The van der Waals surface area contributed by atoms with E-state index in [1.54, 1.807) is 6.26 Å². The quantitative estimate of drug-likeness (QED) is 0.919. The Morgan fingerprint density at radius 2 is 2.05 bits per heavy atom. The van der Waals surface area contributed by atoms with Crippen LogP contribution in [0.25, 0.3) is 0 Å². The van der Waals surface area contributed by atoms with Crippen LogP contribution in [0, 0.1) is 5.92 Å². The van der Waals surface area contributed by atoms with Crippen molar-refractivity contribution in [3.8, 4) is 0 Å². The van der Waals surface area contributed by atoms with Crippen LogP contribution in [0.3, 0.4) is 0 Å². The van der Waals surface area contributed by atoms with E-state index >= 15 is 0 Å². The lowest BCUT2D eigenvalue weighted by molar-refractivity contribution is -0.126. The van der Waals surface area contributed by atoms with E-state index in [9.17, 15) is 4.79 Å². The van der Waals surface area contributed by atoms with Gasteiger partial charge in [-0.2, -0.15) is 0 Å². The van der Waals surface area contributed by atoms with Gasteiger partial charge in [0.15, 0.2) is 0 Å². The fourth-order valence-corrected chi connectivity index (χ4v) is 2.83. The smallest absolute Gasteiger partial charge is 0.223 e. The van der Waals surface area contributed by atoms with Crippen LogP contribution in [0.5, 0.6) is 0 Å². The lowest BCUT2D eigenvalue weighted by Gasteiger charge is -2.31. The predicted molar refractivity (Wildman–Crippen MR) is 82.8 cm³/mol. The lowest BCUT2D eigenvalue weighted by Crippen LogP contribution is -2.40. The number of hydrogen-bond acceptors (Lipinski definition) is 4. The average Bonchev–Trinajstić information content (AvgIpc) is 3.08. The Bertz CT molecular complexity index is 575. The van der Waals surface area contributed by atoms with E-state index in [0.717, 1.165) is 38.2 Å². The average molecular weight is 299 g/mol. The van der Waals surface area contributed by atoms with Gasteiger partial charge in [-0.25, -0.2) is 0 Å². The molecule has 0 bridgehead atoms. The standard InChI is InChI=1S/C17H21N3O2/c21-17(19-12-16-2-1-11-22-16)15-5-9-20(10-6-15)13-14-3-7-18-8-4-14/h1-4,7-8,11,15H,5-6,9-10,12-13H2,(H,19,21). The first kappa shape index (κ1) is 14.8. The van der Waals surface area contributed by atoms with Gasteiger partial charge in [0.1, 0.15) is 5.76 Å². The number of rotatable bonds is 5. The largest absolute Gasteiger partial charge is 0.467 e. The Morgan fingerprint density at radius 3 is 2.73 bits per heavy atom. The Labute approximate surface area is 130 Å². The van der Waals surface area contributed by atoms with E-state index in [2.05, 4.69) is 15.2 Å². The molecule has 1 N–H and O–H groups in total. The van der Waals surface area contributed by atoms with E-state index in [-0.39, 0.29) is 11.8 Å². The number of amides is 1. The van der Waals surface area contributed by atoms with Crippen molar-refractivity contribution in [3.63, 3.8) is 0 Å². The molecule has 1 aliphatic rings. The molecule has 2 aromatic rings. The number of aromatic nitrogens is 1. The molecule has 1 saturated heterocycles. The highest BCUT2D eigenvalue weighted by atomic mass is 16.3. The zero-order chi connectivity index (χ0) is 15.2. The van der Waals surface area contributed by atoms with Gasteiger partial charge in [0.25, 0.3) is 0 Å². The summed E-state index contributed by atoms with van der Waals surface area (Å²) in [6.45, 7) is 3.33. The molecule has 3 heterocycles. The number of nitrogens with one attached hydrogen (secondary N) is 1. The molecule has 0 spiro atoms. The van der Waals surface area contributed by atoms with E-state index < -0.39 is 0 Å². The molecule has 1 aliphatic heterocycles. The molecule has 0 aliphatic carbocycles. The van der Waals surface area contributed by atoms with Gasteiger partial charge in [0, 0.05) is 24.9 Å². The molecule has 116 valence electrons. The number of piperidine rings is 1. The highest BCUT2D eigenvalue weighted by Crippen LogP contribution is 2.19. The van der Waals surface area contributed by atoms with Gasteiger partial charge < -0.3 is 9.73 Å². The van der Waals surface area contributed by atoms with E-state index in [4.69, 9.17) is 4.42 Å². The summed E-state index contributed by atoms with van der Waals surface area (Å²) in [5.41, 5.74) is 1.27. The monoisotopic (exact) mass is 299 g/mol. The van der Waals surface area contributed by atoms with Crippen LogP contribution >= 0.6 is 0 Å². The summed E-state index contributed by atoms with van der Waals surface area (Å²) in [5.74, 6) is 1.05. The van der Waals surface area contributed by atoms with Crippen molar-refractivity contribution in [2.24, 2.45) is 5.92 Å². The summed E-state index contributed by atoms with van der Waals surface area (Å²) in [4.78, 5) is 18.6. The Morgan fingerprint density at radius 1 is 1.27 bits per heavy atom. The third-order valence-corrected chi connectivity index (χ3v) is 4.13. The normalized spacial score (nSPS) is 16.5. The summed E-state index contributed by atoms with van der Waals surface area (Å²) >= 11 is 0. The van der Waals surface area contributed by atoms with Crippen LogP contribution in [0.15, 0.2) is 47.3 Å². The minimum Gasteiger partial charge on any atom is -0.467 e. The van der Waals surface area contributed by atoms with Crippen LogP contribution in [-0.4, -0.2) is 28.9 Å². The van der Waals surface area contributed by atoms with Crippen molar-refractivity contribution in [2.45, 2.75) is 25.9 Å². The van der Waals surface area contributed by atoms with Crippen LogP contribution < -0.4 is 5.32 Å². The van der Waals surface area contributed by atoms with E-state index in [1.165, 1.54) is 5.56 Å². The fraction of sp³-hybridized carbons (Fsp3) is 0.412. The van der Waals surface area contributed by atoms with E-state index in [1.807, 2.05) is 36.7 Å². The predicted octanol–water partition coefficient (Wildman–Crippen LogP) is 2.20. The fourth-order valence-electron chi connectivity index (χ4n) is 2.83. The first-order chi connectivity index (χ1) is 10.8. The molecule has 5 nitrogen and oxygen atoms in total. The summed E-state index contributed by atoms with van der Waals surface area (Å²) in [5, 5.41) is 2.96. The number of hydrogen-bond donors (Lipinski definition) is 1. The second kappa shape index (κ2) is 7.22. The number of carbonyl (C=O) groups is 1. The summed E-state index contributed by atoms with van der Waals surface area (Å²) in [7, 11) is 0. The van der Waals surface area contributed by atoms with Crippen LogP contribution in [0.2, 0.25) is 0 Å². The summed E-state index contributed by atoms with van der Waals surface area (Å²) < 4.78 is 5.23. The molecule has 0 saturated carbocycles. The van der Waals surface area contributed by atoms with Crippen molar-refractivity contribution < 1.29 is 9.21 Å². The number of furan rings is 1. The molecule has 0 unspecified atom stereocenters. The Balaban J connectivity index is 1.42. The third kappa shape index (κ3) is 3.95. The van der Waals surface area contributed by atoms with Crippen molar-refractivity contribution in [1.29, 1.82) is 0 Å². The molecule has 0 radical (unpaired) electrons. The highest BCUT2D eigenvalue weighted by molar-refractivity contribution is 5.78. The van der Waals surface area contributed by atoms with Crippen molar-refractivity contribution in [1.82, 2.24) is 15.2 Å². The zero-order valence-electron chi connectivity index (χ0n) is 12.6. The molecule has 3 rings (SSSR count). The maximum Gasteiger partial charge on any atom is 0.223 e. The van der Waals surface area contributed by atoms with Crippen LogP contribution in [-0.2, 0) is 17.9 Å². The molecule has 22 heavy (non-hydrogen) atoms. The van der Waals surface area contributed by atoms with Gasteiger partial charge in [0.05, 0.1) is 12.8 Å². The van der Waals surface area contributed by atoms with Gasteiger partial charge in [-0.15, -0.1) is 0 Å². The molecule has 5 heteroatoms. The third-order valence-electron chi connectivity index (χ3n) is 4.13. The number of carbonyl (C=O) groups excluding carboxylic acids is 1. The molecule has 2 aromatic heterocycles. The maximum absolute atomic E-state index is 12.2. The van der Waals surface area contributed by atoms with Gasteiger partial charge in [0.2, 0.25) is 5.91 Å². The highest BCUT2D eigenvalue weighted by Gasteiger charge is 2.24. The lowest BCUT2D eigenvalue weighted by atomic mass is 9.95. The molecule has 1 amide bonds. The molecule has 1 fully saturated rings. The Kier molecular flexibility index (Phi) is 4.85. The van der Waals surface area contributed by atoms with Gasteiger partial charge >= 0.3 is 0 Å². The van der Waals surface area contributed by atoms with E-state index in [0.29, 0.717) is 6.54 Å². The topological polar surface area (TPSA) is 58.4 Å². The Hall–Kier alpha value is -2.14. The van der Waals surface area contributed by atoms with Crippen molar-refractivity contribution >= 4 is 5.91 Å². The molecular weight excluding hydrogens is 278 g/mol. The second-order valence-electron chi connectivity index (χ2n) is 5.70. The first-order valence-electron chi connectivity index (χ1n) is 7.72. The second-order valence-corrected chi connectivity index (χ2v) is 5.70.